The van der Waals surface area contributed by atoms with E-state index in [-0.39, 0.29) is 16.5 Å². The van der Waals surface area contributed by atoms with Gasteiger partial charge in [-0.2, -0.15) is 0 Å². The van der Waals surface area contributed by atoms with Crippen LogP contribution in [0.25, 0.3) is 0 Å². The Morgan fingerprint density at radius 3 is 2.58 bits per heavy atom. The van der Waals surface area contributed by atoms with E-state index in [4.69, 9.17) is 17.3 Å². The van der Waals surface area contributed by atoms with Crippen LogP contribution in [0.2, 0.25) is 5.02 Å². The molecular formula is C13H16ClFN2O2. The Morgan fingerprint density at radius 2 is 2.11 bits per heavy atom. The molecule has 0 aliphatic carbocycles. The second-order valence-electron chi connectivity index (χ2n) is 4.36. The molecule has 0 fully saturated rings. The maximum Gasteiger partial charge on any atom is 0.254 e. The van der Waals surface area contributed by atoms with Crippen molar-refractivity contribution in [3.8, 4) is 0 Å². The molecule has 1 aromatic carbocycles. The Balaban J connectivity index is 2.91. The molecule has 0 radical (unpaired) electrons. The summed E-state index contributed by atoms with van der Waals surface area (Å²) < 4.78 is 13.6. The maximum atomic E-state index is 13.6. The Morgan fingerprint density at radius 1 is 1.47 bits per heavy atom. The van der Waals surface area contributed by atoms with Crippen LogP contribution in [-0.4, -0.2) is 17.9 Å². The lowest BCUT2D eigenvalue weighted by molar-refractivity contribution is -0.120. The Labute approximate surface area is 116 Å². The number of nitrogens with two attached hydrogens (primary N) is 1. The van der Waals surface area contributed by atoms with E-state index in [9.17, 15) is 14.0 Å². The first kappa shape index (κ1) is 15.4. The van der Waals surface area contributed by atoms with E-state index >= 15 is 0 Å². The van der Waals surface area contributed by atoms with Crippen molar-refractivity contribution in [1.82, 2.24) is 5.32 Å². The number of benzene rings is 1. The Bertz CT molecular complexity index is 494. The average Bonchev–Trinajstić information content (AvgIpc) is 2.34. The van der Waals surface area contributed by atoms with E-state index in [0.29, 0.717) is 6.42 Å². The van der Waals surface area contributed by atoms with Crippen molar-refractivity contribution in [2.24, 2.45) is 11.7 Å². The van der Waals surface area contributed by atoms with Gasteiger partial charge in [0, 0.05) is 5.02 Å². The molecule has 1 rings (SSSR count). The number of primary amides is 1. The van der Waals surface area contributed by atoms with E-state index in [0.717, 1.165) is 6.07 Å². The van der Waals surface area contributed by atoms with Gasteiger partial charge < -0.3 is 11.1 Å². The highest BCUT2D eigenvalue weighted by atomic mass is 35.5. The average molecular weight is 287 g/mol. The van der Waals surface area contributed by atoms with Crippen molar-refractivity contribution in [2.75, 3.05) is 0 Å². The van der Waals surface area contributed by atoms with Gasteiger partial charge in [-0.1, -0.05) is 31.9 Å². The third-order valence-corrected chi connectivity index (χ3v) is 3.22. The lowest BCUT2D eigenvalue weighted by Crippen LogP contribution is -2.48. The first-order valence-corrected chi connectivity index (χ1v) is 6.29. The van der Waals surface area contributed by atoms with Crippen molar-refractivity contribution in [2.45, 2.75) is 26.3 Å². The number of amides is 2. The van der Waals surface area contributed by atoms with Crippen molar-refractivity contribution < 1.29 is 14.0 Å². The zero-order valence-corrected chi connectivity index (χ0v) is 11.5. The van der Waals surface area contributed by atoms with Crippen LogP contribution in [0.3, 0.4) is 0 Å². The molecule has 104 valence electrons. The van der Waals surface area contributed by atoms with Crippen LogP contribution in [0, 0.1) is 11.7 Å². The van der Waals surface area contributed by atoms with Crippen molar-refractivity contribution >= 4 is 23.4 Å². The minimum absolute atomic E-state index is 0.128. The van der Waals surface area contributed by atoms with E-state index in [1.54, 1.807) is 6.92 Å². The van der Waals surface area contributed by atoms with Gasteiger partial charge in [0.2, 0.25) is 5.91 Å². The highest BCUT2D eigenvalue weighted by Gasteiger charge is 2.25. The van der Waals surface area contributed by atoms with Gasteiger partial charge in [-0.15, -0.1) is 0 Å². The van der Waals surface area contributed by atoms with Gasteiger partial charge in [0.25, 0.3) is 5.91 Å². The summed E-state index contributed by atoms with van der Waals surface area (Å²) in [5, 5.41) is 2.64. The topological polar surface area (TPSA) is 72.2 Å². The van der Waals surface area contributed by atoms with Crippen LogP contribution in [0.15, 0.2) is 18.2 Å². The van der Waals surface area contributed by atoms with Crippen LogP contribution in [0.5, 0.6) is 0 Å². The van der Waals surface area contributed by atoms with E-state index in [2.05, 4.69) is 5.32 Å². The predicted octanol–water partition coefficient (Wildman–Crippen LogP) is 2.11. The molecule has 0 aliphatic rings. The summed E-state index contributed by atoms with van der Waals surface area (Å²) >= 11 is 5.60. The first-order chi connectivity index (χ1) is 8.86. The fraction of sp³-hybridized carbons (Fsp3) is 0.385. The van der Waals surface area contributed by atoms with Crippen LogP contribution in [-0.2, 0) is 4.79 Å². The maximum absolute atomic E-state index is 13.6. The molecule has 19 heavy (non-hydrogen) atoms. The molecule has 2 amide bonds. The molecule has 0 aromatic heterocycles. The summed E-state index contributed by atoms with van der Waals surface area (Å²) in [4.78, 5) is 23.2. The molecule has 0 saturated carbocycles. The number of halogens is 2. The SMILES string of the molecule is CCC(C)C(NC(=O)c1ccc(Cl)cc1F)C(N)=O. The summed E-state index contributed by atoms with van der Waals surface area (Å²) in [6.45, 7) is 3.66. The summed E-state index contributed by atoms with van der Waals surface area (Å²) in [5.74, 6) is -2.19. The van der Waals surface area contributed by atoms with Crippen LogP contribution in [0.4, 0.5) is 4.39 Å². The molecule has 0 bridgehead atoms. The lowest BCUT2D eigenvalue weighted by atomic mass is 9.98. The predicted molar refractivity (Wildman–Crippen MR) is 71.3 cm³/mol. The summed E-state index contributed by atoms with van der Waals surface area (Å²) in [6.07, 6.45) is 0.664. The molecule has 3 N–H and O–H groups in total. The standard InChI is InChI=1S/C13H16ClFN2O2/c1-3-7(2)11(12(16)18)17-13(19)9-5-4-8(14)6-10(9)15/h4-7,11H,3H2,1-2H3,(H2,16,18)(H,17,19). The second-order valence-corrected chi connectivity index (χ2v) is 4.80. The molecule has 0 saturated heterocycles. The first-order valence-electron chi connectivity index (χ1n) is 5.92. The van der Waals surface area contributed by atoms with E-state index in [1.165, 1.54) is 12.1 Å². The highest BCUT2D eigenvalue weighted by Crippen LogP contribution is 2.15. The zero-order chi connectivity index (χ0) is 14.6. The quantitative estimate of drug-likeness (QED) is 0.870. The number of carbonyl (C=O) groups excluding carboxylic acids is 2. The van der Waals surface area contributed by atoms with Gasteiger partial charge >= 0.3 is 0 Å². The zero-order valence-electron chi connectivity index (χ0n) is 10.7. The molecule has 1 aromatic rings. The van der Waals surface area contributed by atoms with Gasteiger partial charge in [-0.05, 0) is 24.1 Å². The van der Waals surface area contributed by atoms with E-state index < -0.39 is 23.7 Å². The minimum Gasteiger partial charge on any atom is -0.368 e. The minimum atomic E-state index is -0.826. The van der Waals surface area contributed by atoms with Crippen LogP contribution in [0.1, 0.15) is 30.6 Å². The van der Waals surface area contributed by atoms with Gasteiger partial charge in [-0.25, -0.2) is 4.39 Å². The smallest absolute Gasteiger partial charge is 0.254 e. The fourth-order valence-electron chi connectivity index (χ4n) is 1.62. The van der Waals surface area contributed by atoms with Gasteiger partial charge in [0.1, 0.15) is 11.9 Å². The third kappa shape index (κ3) is 3.92. The number of rotatable bonds is 5. The molecule has 2 unspecified atom stereocenters. The number of nitrogens with one attached hydrogen (secondary N) is 1. The molecule has 0 spiro atoms. The Kier molecular flexibility index (Phi) is 5.30. The molecule has 6 heteroatoms. The van der Waals surface area contributed by atoms with Gasteiger partial charge in [-0.3, -0.25) is 9.59 Å². The number of hydrogen-bond donors (Lipinski definition) is 2. The third-order valence-electron chi connectivity index (χ3n) is 2.98. The van der Waals surface area contributed by atoms with Crippen molar-refractivity contribution in [3.05, 3.63) is 34.6 Å². The van der Waals surface area contributed by atoms with Gasteiger partial charge in [0.05, 0.1) is 5.56 Å². The van der Waals surface area contributed by atoms with E-state index in [1.807, 2.05) is 6.92 Å². The summed E-state index contributed by atoms with van der Waals surface area (Å²) in [7, 11) is 0. The number of hydrogen-bond acceptors (Lipinski definition) is 2. The second kappa shape index (κ2) is 6.52. The monoisotopic (exact) mass is 286 g/mol. The molecule has 0 heterocycles. The molecule has 2 atom stereocenters. The van der Waals surface area contributed by atoms with Crippen molar-refractivity contribution in [3.63, 3.8) is 0 Å². The largest absolute Gasteiger partial charge is 0.368 e. The van der Waals surface area contributed by atoms with Crippen molar-refractivity contribution in [1.29, 1.82) is 0 Å². The fourth-order valence-corrected chi connectivity index (χ4v) is 1.78. The summed E-state index contributed by atoms with van der Waals surface area (Å²) in [5.41, 5.74) is 5.07. The normalized spacial score (nSPS) is 13.7. The summed E-state index contributed by atoms with van der Waals surface area (Å²) in [6, 6.07) is 2.88. The highest BCUT2D eigenvalue weighted by molar-refractivity contribution is 6.30. The lowest BCUT2D eigenvalue weighted by Gasteiger charge is -2.21. The van der Waals surface area contributed by atoms with Crippen LogP contribution < -0.4 is 11.1 Å². The molecule has 4 nitrogen and oxygen atoms in total. The number of carbonyl (C=O) groups is 2. The molecular weight excluding hydrogens is 271 g/mol. The van der Waals surface area contributed by atoms with Gasteiger partial charge in [0.15, 0.2) is 0 Å². The van der Waals surface area contributed by atoms with Crippen LogP contribution >= 0.6 is 11.6 Å². The Hall–Kier alpha value is -1.62. The molecule has 0 aliphatic heterocycles.